The summed E-state index contributed by atoms with van der Waals surface area (Å²) in [5, 5.41) is 12.0. The molecule has 0 saturated heterocycles. The van der Waals surface area contributed by atoms with Gasteiger partial charge >= 0.3 is 5.97 Å². The molecule has 0 spiro atoms. The molecule has 0 bridgehead atoms. The van der Waals surface area contributed by atoms with Crippen LogP contribution in [0.3, 0.4) is 0 Å². The largest absolute Gasteiger partial charge is 0.461 e. The molecule has 8 nitrogen and oxygen atoms in total. The maximum absolute atomic E-state index is 15.2. The summed E-state index contributed by atoms with van der Waals surface area (Å²) in [5.41, 5.74) is 2.95. The van der Waals surface area contributed by atoms with Gasteiger partial charge < -0.3 is 4.74 Å². The van der Waals surface area contributed by atoms with Gasteiger partial charge in [0, 0.05) is 22.9 Å². The minimum Gasteiger partial charge on any atom is -0.461 e. The number of benzene rings is 2. The predicted octanol–water partition coefficient (Wildman–Crippen LogP) is 5.40. The Kier molecular flexibility index (Phi) is 7.68. The quantitative estimate of drug-likeness (QED) is 0.246. The average molecular weight is 638 g/mol. The van der Waals surface area contributed by atoms with Crippen molar-refractivity contribution in [3.05, 3.63) is 80.4 Å². The third-order valence-electron chi connectivity index (χ3n) is 6.32. The monoisotopic (exact) mass is 636 g/mol. The fraction of sp³-hybridized carbons (Fsp3) is 0.269. The Hall–Kier alpha value is -3.00. The molecule has 2 heterocycles. The number of carbonyl (C=O) groups is 1. The van der Waals surface area contributed by atoms with E-state index in [0.717, 1.165) is 24.6 Å². The summed E-state index contributed by atoms with van der Waals surface area (Å²) in [4.78, 5) is 16.4. The van der Waals surface area contributed by atoms with Crippen LogP contribution in [-0.2, 0) is 27.6 Å². The number of nitrogens with zero attached hydrogens (tertiary/aromatic N) is 3. The first-order chi connectivity index (χ1) is 18.5. The van der Waals surface area contributed by atoms with Crippen LogP contribution in [0.4, 0.5) is 8.78 Å². The van der Waals surface area contributed by atoms with Crippen LogP contribution in [0.2, 0.25) is 0 Å². The van der Waals surface area contributed by atoms with Crippen molar-refractivity contribution in [3.8, 4) is 16.4 Å². The second-order valence-electron chi connectivity index (χ2n) is 9.17. The van der Waals surface area contributed by atoms with Crippen molar-refractivity contribution in [2.45, 2.75) is 37.5 Å². The first-order valence-electron chi connectivity index (χ1n) is 12.1. The van der Waals surface area contributed by atoms with Crippen LogP contribution >= 0.6 is 27.3 Å². The van der Waals surface area contributed by atoms with E-state index in [1.807, 2.05) is 0 Å². The molecule has 1 aliphatic rings. The highest BCUT2D eigenvalue weighted by Gasteiger charge is 2.29. The van der Waals surface area contributed by atoms with Crippen molar-refractivity contribution in [1.82, 2.24) is 14.8 Å². The number of esters is 1. The first-order valence-corrected chi connectivity index (χ1v) is 15.3. The SMILES string of the molecule is CCOC(=O)c1csc(-n2nc(CC3CC3)c(Cc3ccc(S(N)(=O)=O)cc3F)c2-c2ccc(F)c(Br)c2)n1. The maximum Gasteiger partial charge on any atom is 0.357 e. The molecule has 13 heteroatoms. The van der Waals surface area contributed by atoms with Crippen molar-refractivity contribution in [2.24, 2.45) is 11.1 Å². The Labute approximate surface area is 236 Å². The van der Waals surface area contributed by atoms with Gasteiger partial charge in [0.15, 0.2) is 5.69 Å². The molecule has 1 fully saturated rings. The van der Waals surface area contributed by atoms with E-state index >= 15 is 4.39 Å². The maximum atomic E-state index is 15.2. The Morgan fingerprint density at radius 3 is 2.62 bits per heavy atom. The van der Waals surface area contributed by atoms with Crippen molar-refractivity contribution in [3.63, 3.8) is 0 Å². The molecule has 0 amide bonds. The van der Waals surface area contributed by atoms with E-state index in [1.54, 1.807) is 29.1 Å². The Morgan fingerprint density at radius 2 is 1.97 bits per heavy atom. The first kappa shape index (κ1) is 27.6. The van der Waals surface area contributed by atoms with Gasteiger partial charge in [0.1, 0.15) is 11.6 Å². The van der Waals surface area contributed by atoms with Crippen molar-refractivity contribution < 1.29 is 26.7 Å². The number of ether oxygens (including phenoxy) is 1. The van der Waals surface area contributed by atoms with Gasteiger partial charge in [-0.15, -0.1) is 11.3 Å². The molecule has 2 N–H and O–H groups in total. The number of nitrogens with two attached hydrogens (primary N) is 1. The van der Waals surface area contributed by atoms with Gasteiger partial charge in [0.25, 0.3) is 0 Å². The predicted molar refractivity (Wildman–Crippen MR) is 145 cm³/mol. The minimum absolute atomic E-state index is 0.0826. The summed E-state index contributed by atoms with van der Waals surface area (Å²) in [6.45, 7) is 1.90. The highest BCUT2D eigenvalue weighted by Crippen LogP contribution is 2.39. The molecule has 0 atom stereocenters. The number of rotatable bonds is 9. The highest BCUT2D eigenvalue weighted by atomic mass is 79.9. The summed E-state index contributed by atoms with van der Waals surface area (Å²) >= 11 is 4.44. The van der Waals surface area contributed by atoms with Gasteiger partial charge in [-0.25, -0.2) is 36.8 Å². The molecular weight excluding hydrogens is 614 g/mol. The van der Waals surface area contributed by atoms with Crippen LogP contribution in [0.5, 0.6) is 0 Å². The number of aromatic nitrogens is 3. The molecule has 1 aliphatic carbocycles. The third-order valence-corrected chi connectivity index (χ3v) is 8.65. The van der Waals surface area contributed by atoms with Gasteiger partial charge in [0.05, 0.1) is 27.4 Å². The van der Waals surface area contributed by atoms with E-state index in [4.69, 9.17) is 15.0 Å². The summed E-state index contributed by atoms with van der Waals surface area (Å²) < 4.78 is 59.7. The molecule has 204 valence electrons. The second-order valence-corrected chi connectivity index (χ2v) is 12.4. The molecule has 1 saturated carbocycles. The van der Waals surface area contributed by atoms with Crippen LogP contribution < -0.4 is 5.14 Å². The zero-order valence-corrected chi connectivity index (χ0v) is 23.9. The van der Waals surface area contributed by atoms with Gasteiger partial charge in [0.2, 0.25) is 15.2 Å². The topological polar surface area (TPSA) is 117 Å². The molecule has 0 unspecified atom stereocenters. The number of hydrogen-bond donors (Lipinski definition) is 1. The number of hydrogen-bond acceptors (Lipinski definition) is 7. The number of thiazole rings is 1. The van der Waals surface area contributed by atoms with E-state index in [2.05, 4.69) is 20.9 Å². The normalized spacial score (nSPS) is 13.6. The van der Waals surface area contributed by atoms with Gasteiger partial charge in [-0.2, -0.15) is 5.10 Å². The van der Waals surface area contributed by atoms with Crippen molar-refractivity contribution in [1.29, 1.82) is 0 Å². The van der Waals surface area contributed by atoms with Crippen LogP contribution in [0, 0.1) is 17.6 Å². The Balaban J connectivity index is 1.68. The Bertz CT molecular complexity index is 1680. The zero-order chi connectivity index (χ0) is 27.9. The fourth-order valence-electron chi connectivity index (χ4n) is 4.22. The molecule has 0 aliphatic heterocycles. The minimum atomic E-state index is -4.07. The van der Waals surface area contributed by atoms with E-state index in [9.17, 15) is 17.6 Å². The third kappa shape index (κ3) is 5.96. The molecule has 2 aromatic carbocycles. The van der Waals surface area contributed by atoms with E-state index in [0.29, 0.717) is 34.3 Å². The second kappa shape index (κ2) is 10.9. The van der Waals surface area contributed by atoms with E-state index in [1.165, 1.54) is 29.5 Å². The van der Waals surface area contributed by atoms with Crippen LogP contribution in [0.1, 0.15) is 47.1 Å². The van der Waals surface area contributed by atoms with Crippen LogP contribution in [0.25, 0.3) is 16.4 Å². The van der Waals surface area contributed by atoms with E-state index in [-0.39, 0.29) is 33.7 Å². The summed E-state index contributed by atoms with van der Waals surface area (Å²) in [6, 6.07) is 8.07. The number of sulfonamides is 1. The summed E-state index contributed by atoms with van der Waals surface area (Å²) in [6.07, 6.45) is 2.82. The molecule has 2 aromatic heterocycles. The smallest absolute Gasteiger partial charge is 0.357 e. The Morgan fingerprint density at radius 1 is 1.21 bits per heavy atom. The lowest BCUT2D eigenvalue weighted by Crippen LogP contribution is -2.12. The molecular formula is C26H23BrF2N4O4S2. The lowest BCUT2D eigenvalue weighted by molar-refractivity contribution is 0.0520. The molecule has 0 radical (unpaired) electrons. The standard InChI is InChI=1S/C26H23BrF2N4O4S2/c1-2-37-25(34)23-13-38-26(31-23)33-24(16-6-8-20(28)19(27)11-16)18(22(32-33)9-14-3-4-14)10-15-5-7-17(12-21(15)29)39(30,35)36/h5-8,11-14H,2-4,9-10H2,1H3,(H2,30,35,36). The lowest BCUT2D eigenvalue weighted by Gasteiger charge is -2.11. The zero-order valence-electron chi connectivity index (χ0n) is 20.7. The molecule has 5 rings (SSSR count). The highest BCUT2D eigenvalue weighted by molar-refractivity contribution is 9.10. The molecule has 39 heavy (non-hydrogen) atoms. The average Bonchev–Trinajstić information content (AvgIpc) is 3.43. The van der Waals surface area contributed by atoms with Crippen molar-refractivity contribution >= 4 is 43.3 Å². The number of halogens is 3. The number of primary sulfonamides is 1. The van der Waals surface area contributed by atoms with Gasteiger partial charge in [-0.05, 0) is 83.9 Å². The van der Waals surface area contributed by atoms with Gasteiger partial charge in [-0.3, -0.25) is 0 Å². The van der Waals surface area contributed by atoms with Crippen molar-refractivity contribution in [2.75, 3.05) is 6.61 Å². The number of carbonyl (C=O) groups excluding carboxylic acids is 1. The lowest BCUT2D eigenvalue weighted by atomic mass is 9.96. The summed E-state index contributed by atoms with van der Waals surface area (Å²) in [7, 11) is -4.07. The van der Waals surface area contributed by atoms with Crippen LogP contribution in [0.15, 0.2) is 51.1 Å². The van der Waals surface area contributed by atoms with Crippen LogP contribution in [-0.4, -0.2) is 35.8 Å². The fourth-order valence-corrected chi connectivity index (χ4v) is 5.87. The van der Waals surface area contributed by atoms with E-state index < -0.39 is 27.6 Å². The summed E-state index contributed by atoms with van der Waals surface area (Å²) in [5.74, 6) is -1.31. The molecule has 4 aromatic rings. The van der Waals surface area contributed by atoms with Gasteiger partial charge in [-0.1, -0.05) is 6.07 Å².